The van der Waals surface area contributed by atoms with E-state index >= 15 is 0 Å². The summed E-state index contributed by atoms with van der Waals surface area (Å²) in [6.45, 7) is 11.0. The molecule has 2 aliphatic carbocycles. The maximum atomic E-state index is 14.9. The summed E-state index contributed by atoms with van der Waals surface area (Å²) < 4.78 is 56.6. The Labute approximate surface area is 445 Å². The van der Waals surface area contributed by atoms with Gasteiger partial charge in [-0.25, -0.2) is 22.5 Å². The van der Waals surface area contributed by atoms with Gasteiger partial charge in [0.1, 0.15) is 22.1 Å². The highest BCUT2D eigenvalue weighted by Gasteiger charge is 2.50. The molecule has 1 spiro atoms. The van der Waals surface area contributed by atoms with E-state index < -0.39 is 42.9 Å². The number of hydrogen-bond acceptors (Lipinski definition) is 17. The summed E-state index contributed by atoms with van der Waals surface area (Å²) in [5, 5.41) is 45.9. The number of aromatic nitrogens is 4. The number of rotatable bonds is 16. The van der Waals surface area contributed by atoms with Gasteiger partial charge in [-0.05, 0) is 104 Å². The van der Waals surface area contributed by atoms with Gasteiger partial charge in [-0.2, -0.15) is 9.97 Å². The van der Waals surface area contributed by atoms with E-state index in [1.807, 2.05) is 4.72 Å². The van der Waals surface area contributed by atoms with Crippen molar-refractivity contribution in [3.63, 3.8) is 0 Å². The molecule has 4 fully saturated rings. The molecular formula is C55H65FN10O10S. The Morgan fingerprint density at radius 3 is 2.40 bits per heavy atom. The van der Waals surface area contributed by atoms with E-state index in [2.05, 4.69) is 78.1 Å². The average Bonchev–Trinajstić information content (AvgIpc) is 3.80. The third-order valence-electron chi connectivity index (χ3n) is 16.2. The minimum atomic E-state index is -4.76. The molecule has 4 aliphatic rings. The number of aliphatic hydroxyl groups is 1. The number of halogens is 1. The lowest BCUT2D eigenvalue weighted by atomic mass is 9.59. The zero-order chi connectivity index (χ0) is 54.4. The van der Waals surface area contributed by atoms with Crippen LogP contribution in [0, 0.1) is 27.3 Å². The van der Waals surface area contributed by atoms with E-state index in [0.29, 0.717) is 69.5 Å². The summed E-state index contributed by atoms with van der Waals surface area (Å²) in [5.41, 5.74) is 2.88. The number of H-pyrrole nitrogens is 1. The number of aromatic hydroxyl groups is 2. The average molecular weight is 1080 g/mol. The largest absolute Gasteiger partial charge is 0.493 e. The second-order valence-corrected chi connectivity index (χ2v) is 23.6. The normalized spacial score (nSPS) is 21.3. The number of pyridine rings is 3. The van der Waals surface area contributed by atoms with Crippen molar-refractivity contribution in [3.05, 3.63) is 117 Å². The van der Waals surface area contributed by atoms with Gasteiger partial charge >= 0.3 is 5.69 Å². The summed E-state index contributed by atoms with van der Waals surface area (Å²) in [5.74, 6) is -1.95. The molecule has 10 rings (SSSR count). The van der Waals surface area contributed by atoms with Crippen molar-refractivity contribution in [1.29, 1.82) is 0 Å². The fourth-order valence-corrected chi connectivity index (χ4v) is 12.8. The maximum Gasteiger partial charge on any atom is 0.312 e. The molecule has 2 aromatic carbocycles. The monoisotopic (exact) mass is 1080 g/mol. The fraction of sp³-hybridized carbons (Fsp3) is 0.455. The molecule has 6 N–H and O–H groups in total. The predicted molar refractivity (Wildman–Crippen MR) is 285 cm³/mol. The fourth-order valence-electron chi connectivity index (χ4n) is 11.9. The molecule has 2 saturated carbocycles. The molecule has 2 aliphatic heterocycles. The van der Waals surface area contributed by atoms with E-state index in [1.165, 1.54) is 30.4 Å². The molecule has 22 heteroatoms. The molecule has 6 aromatic rings. The van der Waals surface area contributed by atoms with Crippen molar-refractivity contribution in [2.75, 3.05) is 56.6 Å². The van der Waals surface area contributed by atoms with Crippen LogP contribution in [0.1, 0.15) is 111 Å². The second-order valence-electron chi connectivity index (χ2n) is 21.9. The number of carbonyl (C=O) groups excluding carboxylic acids is 1. The van der Waals surface area contributed by atoms with Crippen LogP contribution >= 0.6 is 0 Å². The third kappa shape index (κ3) is 11.5. The molecule has 6 heterocycles. The van der Waals surface area contributed by atoms with E-state index in [-0.39, 0.29) is 68.9 Å². The molecule has 1 atom stereocenters. The number of aromatic amines is 1. The predicted octanol–water partition coefficient (Wildman–Crippen LogP) is 8.52. The highest BCUT2D eigenvalue weighted by Crippen LogP contribution is 2.53. The van der Waals surface area contributed by atoms with Gasteiger partial charge in [0.2, 0.25) is 17.6 Å². The van der Waals surface area contributed by atoms with Crippen molar-refractivity contribution in [1.82, 2.24) is 34.5 Å². The van der Waals surface area contributed by atoms with Gasteiger partial charge in [0.15, 0.2) is 5.75 Å². The van der Waals surface area contributed by atoms with Gasteiger partial charge in [-0.15, -0.1) is 0 Å². The number of ether oxygens (including phenoxy) is 2. The van der Waals surface area contributed by atoms with Crippen LogP contribution in [0.25, 0.3) is 11.0 Å². The maximum absolute atomic E-state index is 14.9. The van der Waals surface area contributed by atoms with Crippen LogP contribution < -0.4 is 24.4 Å². The topological polar surface area (TPSA) is 262 Å². The number of nitrogens with one attached hydrogen (secondary N) is 3. The number of piperidine rings is 1. The van der Waals surface area contributed by atoms with Crippen LogP contribution in [-0.4, -0.2) is 122 Å². The lowest BCUT2D eigenvalue weighted by molar-refractivity contribution is -0.384. The number of anilines is 2. The van der Waals surface area contributed by atoms with Gasteiger partial charge < -0.3 is 40.0 Å². The highest BCUT2D eigenvalue weighted by molar-refractivity contribution is 7.90. The molecular weight excluding hydrogens is 1010 g/mol. The summed E-state index contributed by atoms with van der Waals surface area (Å²) in [7, 11) is -3.40. The lowest BCUT2D eigenvalue weighted by Crippen LogP contribution is -2.60. The van der Waals surface area contributed by atoms with E-state index in [0.717, 1.165) is 69.3 Å². The van der Waals surface area contributed by atoms with Crippen LogP contribution in [0.5, 0.6) is 29.1 Å². The molecule has 4 aromatic heterocycles. The molecule has 77 heavy (non-hydrogen) atoms. The Bertz CT molecular complexity index is 3270. The van der Waals surface area contributed by atoms with Crippen LogP contribution in [0.3, 0.4) is 0 Å². The van der Waals surface area contributed by atoms with Crippen LogP contribution in [0.4, 0.5) is 21.6 Å². The molecule has 20 nitrogen and oxygen atoms in total. The number of sulfonamides is 1. The van der Waals surface area contributed by atoms with Crippen molar-refractivity contribution < 1.29 is 47.3 Å². The quantitative estimate of drug-likeness (QED) is 0.0392. The first-order valence-electron chi connectivity index (χ1n) is 26.2. The Balaban J connectivity index is 0.859. The molecule has 0 unspecified atom stereocenters. The van der Waals surface area contributed by atoms with Gasteiger partial charge in [0.25, 0.3) is 21.8 Å². The zero-order valence-corrected chi connectivity index (χ0v) is 44.4. The standard InChI is InChI=1S/C55H65FN10O10S/c1-33(2)39-7-5-6-8-40(39)45-32-63(31-35-21-48(67)60-49(68)22-35)19-20-65(45)37-26-55(27-37)15-17-64(18-16-55)36-9-10-41(46(23-36)76-47-25-42-43(56)30-59-50(42)61-53(47)75-4)52(69)62-77(73,74)38-24-44(66(71)72)51(58-29-38)57-28-34-11-13-54(3,70)14-12-34/h5-10,21-25,29-30,33-34,37,45,70H,11-20,26-28,31-32H2,1-4H3,(H,57,58)(H,59,61)(H,62,69)(H2,60,67,68)/t34?,45-,54?/m0/s1. The van der Waals surface area contributed by atoms with E-state index in [1.54, 1.807) is 31.2 Å². The smallest absolute Gasteiger partial charge is 0.312 e. The highest BCUT2D eigenvalue weighted by atomic mass is 32.2. The Morgan fingerprint density at radius 2 is 1.70 bits per heavy atom. The number of nitro groups is 1. The van der Waals surface area contributed by atoms with Crippen molar-refractivity contribution in [2.45, 2.75) is 107 Å². The van der Waals surface area contributed by atoms with Crippen LogP contribution in [0.2, 0.25) is 0 Å². The van der Waals surface area contributed by atoms with Crippen LogP contribution in [0.15, 0.2) is 84.0 Å². The molecule has 1 amide bonds. The van der Waals surface area contributed by atoms with Crippen molar-refractivity contribution >= 4 is 44.2 Å². The number of carbonyl (C=O) groups is 1. The van der Waals surface area contributed by atoms with Gasteiger partial charge in [-0.3, -0.25) is 24.7 Å². The number of benzene rings is 2. The lowest BCUT2D eigenvalue weighted by Gasteiger charge is -2.58. The first kappa shape index (κ1) is 53.3. The third-order valence-corrected chi connectivity index (χ3v) is 17.5. The SMILES string of the molecule is COc1nc2[nH]cc(F)c2cc1Oc1cc(N2CCC3(CC2)CC(N2CCN(Cc4cc(O)nc(O)c4)C[C@H]2c2ccccc2C(C)C)C3)ccc1C(=O)NS(=O)(=O)c1cnc(NCC2CCC(C)(O)CC2)c([N+](=O)[O-])c1. The molecule has 2 saturated heterocycles. The number of methoxy groups -OCH3 is 1. The summed E-state index contributed by atoms with van der Waals surface area (Å²) >= 11 is 0. The van der Waals surface area contributed by atoms with Crippen LogP contribution in [-0.2, 0) is 16.6 Å². The summed E-state index contributed by atoms with van der Waals surface area (Å²) in [4.78, 5) is 47.2. The van der Waals surface area contributed by atoms with Gasteiger partial charge in [0, 0.05) is 100 Å². The first-order chi connectivity index (χ1) is 36.8. The molecule has 0 radical (unpaired) electrons. The molecule has 408 valence electrons. The van der Waals surface area contributed by atoms with Gasteiger partial charge in [0.05, 0.1) is 34.8 Å². The summed E-state index contributed by atoms with van der Waals surface area (Å²) in [6, 6.07) is 19.4. The summed E-state index contributed by atoms with van der Waals surface area (Å²) in [6.07, 6.45) is 8.53. The number of nitrogens with zero attached hydrogens (tertiary/aromatic N) is 7. The number of hydrogen-bond donors (Lipinski definition) is 6. The number of piperazine rings is 1. The van der Waals surface area contributed by atoms with Crippen molar-refractivity contribution in [2.24, 2.45) is 11.3 Å². The second kappa shape index (κ2) is 21.4. The Hall–Kier alpha value is -7.14. The zero-order valence-electron chi connectivity index (χ0n) is 43.5. The molecule has 0 bridgehead atoms. The number of amides is 1. The number of fused-ring (bicyclic) bond motifs is 1. The minimum Gasteiger partial charge on any atom is -0.493 e. The van der Waals surface area contributed by atoms with E-state index in [4.69, 9.17) is 9.47 Å². The first-order valence-corrected chi connectivity index (χ1v) is 27.7. The Morgan fingerprint density at radius 1 is 0.974 bits per heavy atom. The van der Waals surface area contributed by atoms with Gasteiger partial charge in [-0.1, -0.05) is 38.1 Å². The Kier molecular flexibility index (Phi) is 14.8. The van der Waals surface area contributed by atoms with E-state index in [9.17, 15) is 43.0 Å². The minimum absolute atomic E-state index is 0.0312. The van der Waals surface area contributed by atoms with Crippen molar-refractivity contribution in [3.8, 4) is 29.1 Å².